The summed E-state index contributed by atoms with van der Waals surface area (Å²) in [6.45, 7) is 1.94. The average Bonchev–Trinajstić information content (AvgIpc) is 3.52. The second-order valence-corrected chi connectivity index (χ2v) is 15.8. The van der Waals surface area contributed by atoms with Gasteiger partial charge in [-0.2, -0.15) is 0 Å². The van der Waals surface area contributed by atoms with Crippen molar-refractivity contribution in [2.24, 2.45) is 0 Å². The highest BCUT2D eigenvalue weighted by Crippen LogP contribution is 2.45. The van der Waals surface area contributed by atoms with E-state index in [4.69, 9.17) is 51.1 Å². The number of fused-ring (bicyclic) bond motifs is 1. The van der Waals surface area contributed by atoms with Crippen molar-refractivity contribution >= 4 is 104 Å². The number of nitrogens with one attached hydrogen (secondary N) is 2. The minimum absolute atomic E-state index is 0.195. The Morgan fingerprint density at radius 3 is 2.17 bits per heavy atom. The van der Waals surface area contributed by atoms with Crippen molar-refractivity contribution < 1.29 is 29.0 Å². The molecule has 0 saturated carbocycles. The summed E-state index contributed by atoms with van der Waals surface area (Å²) >= 11 is 27.3. The lowest BCUT2D eigenvalue weighted by Gasteiger charge is -2.23. The van der Waals surface area contributed by atoms with Gasteiger partial charge in [0.15, 0.2) is 0 Å². The van der Waals surface area contributed by atoms with Gasteiger partial charge in [-0.15, -0.1) is 23.1 Å². The van der Waals surface area contributed by atoms with E-state index < -0.39 is 39.2 Å². The first-order chi connectivity index (χ1) is 25.5. The molecule has 2 amide bonds. The van der Waals surface area contributed by atoms with Crippen molar-refractivity contribution in [2.75, 3.05) is 17.2 Å². The molecule has 14 heteroatoms. The summed E-state index contributed by atoms with van der Waals surface area (Å²) in [5.41, 5.74) is 2.49. The molecule has 0 radical (unpaired) electrons. The number of amides is 2. The zero-order valence-electron chi connectivity index (χ0n) is 27.9. The van der Waals surface area contributed by atoms with Crippen molar-refractivity contribution in [2.45, 2.75) is 42.2 Å². The molecule has 3 N–H and O–H groups in total. The monoisotopic (exact) mass is 826 g/mol. The Labute approximate surface area is 333 Å². The van der Waals surface area contributed by atoms with E-state index in [1.165, 1.54) is 28.7 Å². The molecule has 1 heterocycles. The lowest BCUT2D eigenvalue weighted by atomic mass is 9.83. The maximum absolute atomic E-state index is 14.3. The Balaban J connectivity index is 1.28. The maximum Gasteiger partial charge on any atom is 0.341 e. The van der Waals surface area contributed by atoms with Crippen molar-refractivity contribution in [1.29, 1.82) is 0 Å². The molecule has 0 bridgehead atoms. The third-order valence-electron chi connectivity index (χ3n) is 8.65. The zero-order valence-corrected chi connectivity index (χ0v) is 32.5. The fourth-order valence-corrected chi connectivity index (χ4v) is 9.62. The van der Waals surface area contributed by atoms with Crippen molar-refractivity contribution in [1.82, 2.24) is 0 Å². The average molecular weight is 829 g/mol. The topological polar surface area (TPSA) is 122 Å². The van der Waals surface area contributed by atoms with E-state index >= 15 is 0 Å². The standard InChI is InChI=1S/C39H30Cl4N2O6S2/c1-2-51-39(50)27-25-17-16-22(20-10-5-3-6-11-20)18-26(25)53-37(27)45-36(47)34(21-12-7-4-8-13-21)52-24-15-9-14-23(19-24)44-35(46)28-29(38(48)49)31(41)33(43)32(42)30(28)40/h3-15,19,22,34H,2,16-18H2,1H3,(H,44,46)(H,45,47)(H,48,49). The Bertz CT molecular complexity index is 2220. The maximum atomic E-state index is 14.3. The fraction of sp³-hybridized carbons (Fsp3) is 0.179. The van der Waals surface area contributed by atoms with E-state index in [1.807, 2.05) is 48.5 Å². The van der Waals surface area contributed by atoms with Gasteiger partial charge in [0.1, 0.15) is 10.3 Å². The van der Waals surface area contributed by atoms with Gasteiger partial charge in [-0.1, -0.05) is 113 Å². The number of thioether (sulfide) groups is 1. The molecule has 0 fully saturated rings. The molecule has 53 heavy (non-hydrogen) atoms. The second-order valence-electron chi connectivity index (χ2n) is 12.0. The van der Waals surface area contributed by atoms with Crippen LogP contribution in [0.4, 0.5) is 10.7 Å². The lowest BCUT2D eigenvalue weighted by Crippen LogP contribution is -2.21. The largest absolute Gasteiger partial charge is 0.478 e. The molecule has 272 valence electrons. The number of hydrogen-bond acceptors (Lipinski definition) is 7. The summed E-state index contributed by atoms with van der Waals surface area (Å²) in [5.74, 6) is -2.94. The molecule has 1 aromatic heterocycles. The van der Waals surface area contributed by atoms with Crippen LogP contribution in [0.5, 0.6) is 0 Å². The van der Waals surface area contributed by atoms with Gasteiger partial charge in [-0.3, -0.25) is 9.59 Å². The Morgan fingerprint density at radius 1 is 0.849 bits per heavy atom. The third-order valence-corrected chi connectivity index (χ3v) is 12.9. The number of halogens is 4. The van der Waals surface area contributed by atoms with Gasteiger partial charge in [0, 0.05) is 15.5 Å². The van der Waals surface area contributed by atoms with Crippen LogP contribution < -0.4 is 10.6 Å². The highest BCUT2D eigenvalue weighted by Gasteiger charge is 2.33. The lowest BCUT2D eigenvalue weighted by molar-refractivity contribution is -0.115. The van der Waals surface area contributed by atoms with E-state index in [-0.39, 0.29) is 33.3 Å². The molecule has 6 rings (SSSR count). The van der Waals surface area contributed by atoms with Crippen LogP contribution in [-0.2, 0) is 22.4 Å². The summed E-state index contributed by atoms with van der Waals surface area (Å²) in [7, 11) is 0. The van der Waals surface area contributed by atoms with Crippen LogP contribution in [0.1, 0.15) is 77.2 Å². The molecule has 0 saturated heterocycles. The number of esters is 1. The van der Waals surface area contributed by atoms with Gasteiger partial charge in [-0.25, -0.2) is 9.59 Å². The molecule has 2 atom stereocenters. The second kappa shape index (κ2) is 17.0. The predicted octanol–water partition coefficient (Wildman–Crippen LogP) is 11.2. The van der Waals surface area contributed by atoms with Crippen LogP contribution in [0.2, 0.25) is 20.1 Å². The molecule has 0 spiro atoms. The number of thiophene rings is 1. The van der Waals surface area contributed by atoms with Crippen LogP contribution in [0.25, 0.3) is 0 Å². The molecule has 1 aliphatic rings. The smallest absolute Gasteiger partial charge is 0.341 e. The van der Waals surface area contributed by atoms with E-state index in [0.717, 1.165) is 23.3 Å². The van der Waals surface area contributed by atoms with E-state index in [2.05, 4.69) is 22.8 Å². The number of ether oxygens (including phenoxy) is 1. The first-order valence-electron chi connectivity index (χ1n) is 16.4. The number of anilines is 2. The Morgan fingerprint density at radius 2 is 1.51 bits per heavy atom. The molecule has 1 aliphatic carbocycles. The molecule has 0 aliphatic heterocycles. The van der Waals surface area contributed by atoms with Crippen LogP contribution >= 0.6 is 69.5 Å². The summed E-state index contributed by atoms with van der Waals surface area (Å²) in [5, 5.41) is 13.9. The van der Waals surface area contributed by atoms with Crippen LogP contribution in [-0.4, -0.2) is 35.5 Å². The van der Waals surface area contributed by atoms with E-state index in [9.17, 15) is 24.3 Å². The van der Waals surface area contributed by atoms with E-state index in [1.54, 1.807) is 31.2 Å². The molecule has 8 nitrogen and oxygen atoms in total. The van der Waals surface area contributed by atoms with Crippen LogP contribution in [0.3, 0.4) is 0 Å². The first kappa shape index (κ1) is 38.7. The Kier molecular flexibility index (Phi) is 12.4. The summed E-state index contributed by atoms with van der Waals surface area (Å²) < 4.78 is 5.46. The SMILES string of the molecule is CCOC(=O)c1c(NC(=O)C(Sc2cccc(NC(=O)c3c(Cl)c(Cl)c(Cl)c(Cl)c3C(=O)O)c2)c2ccccc2)sc2c1CCC(c1ccccc1)C2. The van der Waals surface area contributed by atoms with Crippen molar-refractivity contribution in [3.8, 4) is 0 Å². The minimum atomic E-state index is -1.52. The summed E-state index contributed by atoms with van der Waals surface area (Å²) in [6, 6.07) is 26.1. The Hall–Kier alpha value is -4.03. The van der Waals surface area contributed by atoms with Crippen LogP contribution in [0, 0.1) is 0 Å². The number of benzene rings is 4. The highest BCUT2D eigenvalue weighted by molar-refractivity contribution is 8.00. The molecule has 5 aromatic rings. The summed E-state index contributed by atoms with van der Waals surface area (Å²) in [4.78, 5) is 54.8. The number of hydrogen-bond donors (Lipinski definition) is 3. The van der Waals surface area contributed by atoms with Gasteiger partial charge >= 0.3 is 11.9 Å². The predicted molar refractivity (Wildman–Crippen MR) is 213 cm³/mol. The van der Waals surface area contributed by atoms with Gasteiger partial charge in [-0.05, 0) is 67.0 Å². The zero-order chi connectivity index (χ0) is 37.8. The minimum Gasteiger partial charge on any atom is -0.478 e. The first-order valence-corrected chi connectivity index (χ1v) is 19.6. The number of carboxylic acids is 1. The number of carbonyl (C=O) groups excluding carboxylic acids is 3. The normalized spacial score (nSPS) is 14.2. The van der Waals surface area contributed by atoms with E-state index in [0.29, 0.717) is 33.4 Å². The van der Waals surface area contributed by atoms with Crippen molar-refractivity contribution in [3.05, 3.63) is 143 Å². The van der Waals surface area contributed by atoms with Crippen molar-refractivity contribution in [3.63, 3.8) is 0 Å². The van der Waals surface area contributed by atoms with Gasteiger partial charge in [0.05, 0.1) is 43.4 Å². The number of rotatable bonds is 11. The van der Waals surface area contributed by atoms with Gasteiger partial charge < -0.3 is 20.5 Å². The molecular weight excluding hydrogens is 798 g/mol. The number of carbonyl (C=O) groups is 4. The van der Waals surface area contributed by atoms with Crippen LogP contribution in [0.15, 0.2) is 89.8 Å². The molecule has 4 aromatic carbocycles. The highest BCUT2D eigenvalue weighted by atomic mass is 35.5. The fourth-order valence-electron chi connectivity index (χ4n) is 6.20. The summed E-state index contributed by atoms with van der Waals surface area (Å²) in [6.07, 6.45) is 2.29. The number of aromatic carboxylic acids is 1. The number of carboxylic acid groups (broad SMARTS) is 1. The van der Waals surface area contributed by atoms with Gasteiger partial charge in [0.25, 0.3) is 5.91 Å². The third kappa shape index (κ3) is 8.38. The quantitative estimate of drug-likeness (QED) is 0.0524. The molecular formula is C39H30Cl4N2O6S2. The van der Waals surface area contributed by atoms with Gasteiger partial charge in [0.2, 0.25) is 5.91 Å². The molecule has 2 unspecified atom stereocenters.